The molecule has 94 valence electrons. The third-order valence-corrected chi connectivity index (χ3v) is 3.96. The van der Waals surface area contributed by atoms with E-state index in [9.17, 15) is 4.79 Å². The quantitative estimate of drug-likeness (QED) is 0.731. The van der Waals surface area contributed by atoms with E-state index in [2.05, 4.69) is 32.9 Å². The highest BCUT2D eigenvalue weighted by Crippen LogP contribution is 2.23. The molecule has 1 aromatic rings. The predicted molar refractivity (Wildman–Crippen MR) is 73.8 cm³/mol. The normalized spacial score (nSPS) is 24.6. The standard InChI is InChI=1S/C12H17IN2O2/c13-9-5-11(14-6-9)12(17)15-10-3-1-8(7-16)2-4-10/h5-6,8,10,14,16H,1-4,7H2,(H,15,17). The number of nitrogens with one attached hydrogen (secondary N) is 2. The minimum absolute atomic E-state index is 0.0274. The lowest BCUT2D eigenvalue weighted by Gasteiger charge is -2.27. The molecule has 0 atom stereocenters. The fourth-order valence-corrected chi connectivity index (χ4v) is 2.72. The van der Waals surface area contributed by atoms with Gasteiger partial charge < -0.3 is 15.4 Å². The topological polar surface area (TPSA) is 65.1 Å². The summed E-state index contributed by atoms with van der Waals surface area (Å²) in [6.45, 7) is 0.273. The zero-order valence-electron chi connectivity index (χ0n) is 9.58. The molecule has 0 bridgehead atoms. The first-order valence-corrected chi connectivity index (χ1v) is 7.02. The van der Waals surface area contributed by atoms with Gasteiger partial charge in [0.05, 0.1) is 0 Å². The van der Waals surface area contributed by atoms with Crippen molar-refractivity contribution in [1.82, 2.24) is 10.3 Å². The van der Waals surface area contributed by atoms with Crippen molar-refractivity contribution in [3.63, 3.8) is 0 Å². The molecule has 1 aromatic heterocycles. The van der Waals surface area contributed by atoms with Crippen LogP contribution in [-0.2, 0) is 0 Å². The van der Waals surface area contributed by atoms with Crippen LogP contribution < -0.4 is 5.32 Å². The Kier molecular flexibility index (Phi) is 4.44. The highest BCUT2D eigenvalue weighted by Gasteiger charge is 2.22. The van der Waals surface area contributed by atoms with Gasteiger partial charge in [0.1, 0.15) is 5.69 Å². The number of aliphatic hydroxyl groups excluding tert-OH is 1. The molecule has 0 radical (unpaired) electrons. The Labute approximate surface area is 114 Å². The summed E-state index contributed by atoms with van der Waals surface area (Å²) >= 11 is 2.17. The number of aliphatic hydroxyl groups is 1. The van der Waals surface area contributed by atoms with Gasteiger partial charge in [0.15, 0.2) is 0 Å². The van der Waals surface area contributed by atoms with Crippen LogP contribution in [0, 0.1) is 9.49 Å². The maximum Gasteiger partial charge on any atom is 0.267 e. The van der Waals surface area contributed by atoms with Crippen LogP contribution in [0.2, 0.25) is 0 Å². The third kappa shape index (κ3) is 3.45. The minimum Gasteiger partial charge on any atom is -0.396 e. The first-order valence-electron chi connectivity index (χ1n) is 5.94. The maximum absolute atomic E-state index is 11.9. The molecule has 1 fully saturated rings. The third-order valence-electron chi connectivity index (χ3n) is 3.33. The molecule has 5 heteroatoms. The number of hydrogen-bond donors (Lipinski definition) is 3. The highest BCUT2D eigenvalue weighted by atomic mass is 127. The molecule has 0 spiro atoms. The molecule has 1 aliphatic carbocycles. The van der Waals surface area contributed by atoms with Crippen molar-refractivity contribution in [3.8, 4) is 0 Å². The summed E-state index contributed by atoms with van der Waals surface area (Å²) in [5, 5.41) is 12.1. The molecule has 1 amide bonds. The molecule has 0 unspecified atom stereocenters. The Morgan fingerprint density at radius 3 is 2.71 bits per heavy atom. The lowest BCUT2D eigenvalue weighted by atomic mass is 9.86. The second-order valence-corrected chi connectivity index (χ2v) is 5.85. The van der Waals surface area contributed by atoms with Crippen LogP contribution in [0.3, 0.4) is 0 Å². The number of halogens is 1. The van der Waals surface area contributed by atoms with Crippen molar-refractivity contribution in [3.05, 3.63) is 21.5 Å². The number of hydrogen-bond acceptors (Lipinski definition) is 2. The van der Waals surface area contributed by atoms with Crippen molar-refractivity contribution in [2.45, 2.75) is 31.7 Å². The van der Waals surface area contributed by atoms with E-state index >= 15 is 0 Å². The van der Waals surface area contributed by atoms with Gasteiger partial charge in [-0.2, -0.15) is 0 Å². The van der Waals surface area contributed by atoms with Crippen molar-refractivity contribution in [1.29, 1.82) is 0 Å². The molecule has 1 aliphatic rings. The Morgan fingerprint density at radius 2 is 2.18 bits per heavy atom. The van der Waals surface area contributed by atoms with Crippen LogP contribution in [0.5, 0.6) is 0 Å². The SMILES string of the molecule is O=C(NC1CCC(CO)CC1)c1cc(I)c[nH]1. The van der Waals surface area contributed by atoms with Crippen LogP contribution >= 0.6 is 22.6 Å². The molecular formula is C12H17IN2O2. The number of amides is 1. The van der Waals surface area contributed by atoms with Gasteiger partial charge in [-0.3, -0.25) is 4.79 Å². The Hall–Kier alpha value is -0.560. The summed E-state index contributed by atoms with van der Waals surface area (Å²) in [4.78, 5) is 14.8. The van der Waals surface area contributed by atoms with Gasteiger partial charge in [-0.05, 0) is 60.3 Å². The fourth-order valence-electron chi connectivity index (χ4n) is 2.25. The van der Waals surface area contributed by atoms with Crippen LogP contribution in [-0.4, -0.2) is 28.6 Å². The molecule has 1 saturated carbocycles. The van der Waals surface area contributed by atoms with Gasteiger partial charge in [-0.15, -0.1) is 0 Å². The molecule has 0 aromatic carbocycles. The van der Waals surface area contributed by atoms with Crippen LogP contribution in [0.25, 0.3) is 0 Å². The lowest BCUT2D eigenvalue weighted by Crippen LogP contribution is -2.38. The molecule has 0 saturated heterocycles. The van der Waals surface area contributed by atoms with E-state index in [1.807, 2.05) is 12.3 Å². The average molecular weight is 348 g/mol. The van der Waals surface area contributed by atoms with Gasteiger partial charge in [0.25, 0.3) is 5.91 Å². The highest BCUT2D eigenvalue weighted by molar-refractivity contribution is 14.1. The van der Waals surface area contributed by atoms with Gasteiger partial charge in [0, 0.05) is 22.4 Å². The van der Waals surface area contributed by atoms with E-state index in [0.29, 0.717) is 11.6 Å². The van der Waals surface area contributed by atoms with E-state index in [1.165, 1.54) is 0 Å². The molecule has 17 heavy (non-hydrogen) atoms. The first kappa shape index (κ1) is 12.9. The summed E-state index contributed by atoms with van der Waals surface area (Å²) in [5.41, 5.74) is 0.624. The number of carbonyl (C=O) groups is 1. The Morgan fingerprint density at radius 1 is 1.47 bits per heavy atom. The van der Waals surface area contributed by atoms with E-state index in [4.69, 9.17) is 5.11 Å². The largest absolute Gasteiger partial charge is 0.396 e. The molecule has 1 heterocycles. The molecule has 0 aliphatic heterocycles. The van der Waals surface area contributed by atoms with E-state index in [1.54, 1.807) is 0 Å². The summed E-state index contributed by atoms with van der Waals surface area (Å²) in [7, 11) is 0. The molecular weight excluding hydrogens is 331 g/mol. The van der Waals surface area contributed by atoms with Crippen LogP contribution in [0.4, 0.5) is 0 Å². The van der Waals surface area contributed by atoms with E-state index in [-0.39, 0.29) is 18.6 Å². The fraction of sp³-hybridized carbons (Fsp3) is 0.583. The second kappa shape index (κ2) is 5.86. The van der Waals surface area contributed by atoms with Crippen molar-refractivity contribution in [2.24, 2.45) is 5.92 Å². The number of aromatic amines is 1. The number of H-pyrrole nitrogens is 1. The zero-order valence-corrected chi connectivity index (χ0v) is 11.7. The smallest absolute Gasteiger partial charge is 0.267 e. The Bertz CT molecular complexity index is 384. The summed E-state index contributed by atoms with van der Waals surface area (Å²) in [6.07, 6.45) is 5.76. The van der Waals surface area contributed by atoms with Crippen LogP contribution in [0.15, 0.2) is 12.3 Å². The van der Waals surface area contributed by atoms with Crippen molar-refractivity contribution in [2.75, 3.05) is 6.61 Å². The molecule has 4 nitrogen and oxygen atoms in total. The number of aromatic nitrogens is 1. The van der Waals surface area contributed by atoms with Crippen LogP contribution in [0.1, 0.15) is 36.2 Å². The zero-order chi connectivity index (χ0) is 12.3. The Balaban J connectivity index is 1.84. The lowest BCUT2D eigenvalue weighted by molar-refractivity contribution is 0.0909. The average Bonchev–Trinajstić information content (AvgIpc) is 2.77. The second-order valence-electron chi connectivity index (χ2n) is 4.61. The van der Waals surface area contributed by atoms with E-state index < -0.39 is 0 Å². The van der Waals surface area contributed by atoms with Gasteiger partial charge in [-0.25, -0.2) is 0 Å². The summed E-state index contributed by atoms with van der Waals surface area (Å²) in [5.74, 6) is 0.398. The molecule has 3 N–H and O–H groups in total. The van der Waals surface area contributed by atoms with Crippen molar-refractivity contribution >= 4 is 28.5 Å². The van der Waals surface area contributed by atoms with Gasteiger partial charge >= 0.3 is 0 Å². The number of rotatable bonds is 3. The van der Waals surface area contributed by atoms with Crippen molar-refractivity contribution < 1.29 is 9.90 Å². The number of carbonyl (C=O) groups excluding carboxylic acids is 1. The van der Waals surface area contributed by atoms with E-state index in [0.717, 1.165) is 29.3 Å². The van der Waals surface area contributed by atoms with Gasteiger partial charge in [0.2, 0.25) is 0 Å². The predicted octanol–water partition coefficient (Wildman–Crippen LogP) is 1.90. The minimum atomic E-state index is -0.0274. The van der Waals surface area contributed by atoms with Gasteiger partial charge in [-0.1, -0.05) is 0 Å². The summed E-state index contributed by atoms with van der Waals surface area (Å²) in [6, 6.07) is 2.10. The monoisotopic (exact) mass is 348 g/mol. The molecule has 2 rings (SSSR count). The maximum atomic E-state index is 11.9. The summed E-state index contributed by atoms with van der Waals surface area (Å²) < 4.78 is 1.04. The first-order chi connectivity index (χ1) is 8.19.